The number of rotatable bonds is 4. The van der Waals surface area contributed by atoms with Crippen LogP contribution in [-0.2, 0) is 17.8 Å². The zero-order valence-corrected chi connectivity index (χ0v) is 14.3. The Labute approximate surface area is 133 Å². The van der Waals surface area contributed by atoms with E-state index < -0.39 is 0 Å². The number of hydrogen-bond donors (Lipinski definition) is 1. The lowest BCUT2D eigenvalue weighted by Gasteiger charge is -2.26. The van der Waals surface area contributed by atoms with Crippen molar-refractivity contribution < 1.29 is 4.74 Å². The van der Waals surface area contributed by atoms with Gasteiger partial charge in [-0.3, -0.25) is 0 Å². The van der Waals surface area contributed by atoms with Crippen molar-refractivity contribution in [1.29, 1.82) is 0 Å². The molecule has 0 aromatic carbocycles. The molecular formula is C15H21N3OS2. The van der Waals surface area contributed by atoms with Crippen LogP contribution in [0.2, 0.25) is 0 Å². The lowest BCUT2D eigenvalue weighted by molar-refractivity contribution is 0.00203. The lowest BCUT2D eigenvalue weighted by Crippen LogP contribution is -2.26. The Morgan fingerprint density at radius 1 is 1.43 bits per heavy atom. The van der Waals surface area contributed by atoms with Crippen LogP contribution in [0.1, 0.15) is 37.6 Å². The number of fused-ring (bicyclic) bond motifs is 3. The topological polar surface area (TPSA) is 61.0 Å². The molecule has 114 valence electrons. The van der Waals surface area contributed by atoms with Gasteiger partial charge in [-0.2, -0.15) is 0 Å². The SMILES string of the molecule is CCCSc1nc(N)c2c3c(sc2n1)COC(C(C)C)C3. The summed E-state index contributed by atoms with van der Waals surface area (Å²) in [4.78, 5) is 11.4. The van der Waals surface area contributed by atoms with E-state index in [9.17, 15) is 0 Å². The van der Waals surface area contributed by atoms with Crippen LogP contribution in [0, 0.1) is 5.92 Å². The fraction of sp³-hybridized carbons (Fsp3) is 0.600. The molecule has 0 radical (unpaired) electrons. The van der Waals surface area contributed by atoms with Gasteiger partial charge in [0.1, 0.15) is 10.6 Å². The summed E-state index contributed by atoms with van der Waals surface area (Å²) in [5.74, 6) is 2.16. The molecular weight excluding hydrogens is 302 g/mol. The summed E-state index contributed by atoms with van der Waals surface area (Å²) in [6.45, 7) is 7.23. The van der Waals surface area contributed by atoms with Crippen LogP contribution >= 0.6 is 23.1 Å². The average Bonchev–Trinajstić information content (AvgIpc) is 2.82. The van der Waals surface area contributed by atoms with Gasteiger partial charge in [0, 0.05) is 17.1 Å². The minimum atomic E-state index is 0.267. The molecule has 1 unspecified atom stereocenters. The molecule has 2 aromatic rings. The number of aromatic nitrogens is 2. The second kappa shape index (κ2) is 6.10. The van der Waals surface area contributed by atoms with E-state index in [4.69, 9.17) is 10.5 Å². The van der Waals surface area contributed by atoms with Crippen molar-refractivity contribution in [2.45, 2.75) is 51.5 Å². The van der Waals surface area contributed by atoms with Crippen LogP contribution in [0.15, 0.2) is 5.16 Å². The number of thioether (sulfide) groups is 1. The second-order valence-electron chi connectivity index (χ2n) is 5.72. The van der Waals surface area contributed by atoms with Crippen LogP contribution in [0.25, 0.3) is 10.2 Å². The quantitative estimate of drug-likeness (QED) is 0.683. The molecule has 0 aliphatic carbocycles. The Morgan fingerprint density at radius 3 is 2.95 bits per heavy atom. The van der Waals surface area contributed by atoms with Gasteiger partial charge >= 0.3 is 0 Å². The van der Waals surface area contributed by atoms with Crippen molar-refractivity contribution in [2.24, 2.45) is 5.92 Å². The number of nitrogen functional groups attached to an aromatic ring is 1. The summed E-state index contributed by atoms with van der Waals surface area (Å²) in [5.41, 5.74) is 7.53. The summed E-state index contributed by atoms with van der Waals surface area (Å²) in [6.07, 6.45) is 2.29. The van der Waals surface area contributed by atoms with Gasteiger partial charge in [-0.1, -0.05) is 32.5 Å². The first-order chi connectivity index (χ1) is 10.1. The standard InChI is InChI=1S/C15H21N3OS2/c1-4-5-20-15-17-13(16)12-9-6-10(8(2)3)19-7-11(9)21-14(12)18-15/h8,10H,4-7H2,1-3H3,(H2,16,17,18). The van der Waals surface area contributed by atoms with Crippen molar-refractivity contribution in [1.82, 2.24) is 9.97 Å². The first-order valence-electron chi connectivity index (χ1n) is 7.42. The molecule has 1 atom stereocenters. The molecule has 2 N–H and O–H groups in total. The van der Waals surface area contributed by atoms with Crippen molar-refractivity contribution in [3.63, 3.8) is 0 Å². The van der Waals surface area contributed by atoms with Gasteiger partial charge in [0.15, 0.2) is 5.16 Å². The highest BCUT2D eigenvalue weighted by Crippen LogP contribution is 2.39. The van der Waals surface area contributed by atoms with Gasteiger partial charge in [0.25, 0.3) is 0 Å². The van der Waals surface area contributed by atoms with Gasteiger partial charge in [-0.15, -0.1) is 11.3 Å². The molecule has 0 amide bonds. The summed E-state index contributed by atoms with van der Waals surface area (Å²) < 4.78 is 5.95. The first-order valence-corrected chi connectivity index (χ1v) is 9.22. The maximum absolute atomic E-state index is 6.22. The summed E-state index contributed by atoms with van der Waals surface area (Å²) in [5, 5.41) is 1.85. The van der Waals surface area contributed by atoms with E-state index in [2.05, 4.69) is 30.7 Å². The Balaban J connectivity index is 2.01. The van der Waals surface area contributed by atoms with Crippen molar-refractivity contribution in [2.75, 3.05) is 11.5 Å². The molecule has 0 saturated heterocycles. The Morgan fingerprint density at radius 2 is 2.24 bits per heavy atom. The normalized spacial score (nSPS) is 18.4. The Bertz CT molecular complexity index is 654. The molecule has 21 heavy (non-hydrogen) atoms. The minimum absolute atomic E-state index is 0.267. The summed E-state index contributed by atoms with van der Waals surface area (Å²) in [6, 6.07) is 0. The van der Waals surface area contributed by atoms with E-state index in [0.717, 1.165) is 34.0 Å². The fourth-order valence-electron chi connectivity index (χ4n) is 2.57. The molecule has 3 rings (SSSR count). The third kappa shape index (κ3) is 2.89. The van der Waals surface area contributed by atoms with E-state index in [1.807, 2.05) is 0 Å². The second-order valence-corrected chi connectivity index (χ2v) is 7.87. The number of anilines is 1. The highest BCUT2D eigenvalue weighted by molar-refractivity contribution is 7.99. The Hall–Kier alpha value is -0.850. The third-order valence-electron chi connectivity index (χ3n) is 3.75. The zero-order valence-electron chi connectivity index (χ0n) is 12.7. The predicted octanol–water partition coefficient (Wildman–Crippen LogP) is 3.87. The summed E-state index contributed by atoms with van der Waals surface area (Å²) in [7, 11) is 0. The lowest BCUT2D eigenvalue weighted by atomic mass is 9.96. The number of ether oxygens (including phenoxy) is 1. The molecule has 1 aliphatic rings. The van der Waals surface area contributed by atoms with E-state index in [1.54, 1.807) is 23.1 Å². The van der Waals surface area contributed by atoms with Crippen molar-refractivity contribution in [3.05, 3.63) is 10.4 Å². The molecule has 3 heterocycles. The molecule has 2 aromatic heterocycles. The highest BCUT2D eigenvalue weighted by atomic mass is 32.2. The smallest absolute Gasteiger partial charge is 0.190 e. The van der Waals surface area contributed by atoms with Crippen LogP contribution in [0.4, 0.5) is 5.82 Å². The van der Waals surface area contributed by atoms with Crippen molar-refractivity contribution in [3.8, 4) is 0 Å². The van der Waals surface area contributed by atoms with Crippen LogP contribution in [-0.4, -0.2) is 21.8 Å². The largest absolute Gasteiger partial charge is 0.383 e. The third-order valence-corrected chi connectivity index (χ3v) is 5.91. The fourth-order valence-corrected chi connectivity index (χ4v) is 4.47. The van der Waals surface area contributed by atoms with Gasteiger partial charge in [-0.05, 0) is 17.9 Å². The maximum atomic E-state index is 6.22. The first kappa shape index (κ1) is 15.1. The maximum Gasteiger partial charge on any atom is 0.190 e. The number of hydrogen-bond acceptors (Lipinski definition) is 6. The molecule has 6 heteroatoms. The molecule has 0 fully saturated rings. The van der Waals surface area contributed by atoms with Crippen LogP contribution < -0.4 is 5.73 Å². The Kier molecular flexibility index (Phi) is 4.38. The monoisotopic (exact) mass is 323 g/mol. The van der Waals surface area contributed by atoms with Gasteiger partial charge < -0.3 is 10.5 Å². The molecule has 0 spiro atoms. The number of nitrogens with two attached hydrogens (primary N) is 1. The van der Waals surface area contributed by atoms with Gasteiger partial charge in [-0.25, -0.2) is 9.97 Å². The number of thiophene rings is 1. The van der Waals surface area contributed by atoms with Crippen LogP contribution in [0.5, 0.6) is 0 Å². The molecule has 1 aliphatic heterocycles. The predicted molar refractivity (Wildman–Crippen MR) is 90.0 cm³/mol. The van der Waals surface area contributed by atoms with E-state index in [1.165, 1.54) is 10.4 Å². The van der Waals surface area contributed by atoms with Crippen molar-refractivity contribution >= 4 is 39.1 Å². The molecule has 0 saturated carbocycles. The molecule has 4 nitrogen and oxygen atoms in total. The average molecular weight is 323 g/mol. The van der Waals surface area contributed by atoms with Gasteiger partial charge in [0.05, 0.1) is 18.1 Å². The van der Waals surface area contributed by atoms with Gasteiger partial charge in [0.2, 0.25) is 0 Å². The van der Waals surface area contributed by atoms with E-state index in [-0.39, 0.29) is 6.10 Å². The highest BCUT2D eigenvalue weighted by Gasteiger charge is 2.27. The zero-order chi connectivity index (χ0) is 15.0. The minimum Gasteiger partial charge on any atom is -0.383 e. The molecule has 0 bridgehead atoms. The number of nitrogens with zero attached hydrogens (tertiary/aromatic N) is 2. The van der Waals surface area contributed by atoms with E-state index in [0.29, 0.717) is 18.3 Å². The van der Waals surface area contributed by atoms with Crippen LogP contribution in [0.3, 0.4) is 0 Å². The van der Waals surface area contributed by atoms with E-state index >= 15 is 0 Å². The summed E-state index contributed by atoms with van der Waals surface area (Å²) >= 11 is 3.38.